The first-order valence-electron chi connectivity index (χ1n) is 9.04. The minimum atomic E-state index is -0.479. The molecule has 0 radical (unpaired) electrons. The van der Waals surface area contributed by atoms with Crippen LogP contribution in [0.5, 0.6) is 5.75 Å². The van der Waals surface area contributed by atoms with Gasteiger partial charge in [0.25, 0.3) is 5.91 Å². The highest BCUT2D eigenvalue weighted by Gasteiger charge is 2.06. The standard InChI is InChI=1S/C24H18N2O4/c1-25-24(29)19-10-6-17(7-11-19)4-2-3-5-18-8-12-20(13-9-18)26-16-22-23(28)21(27)14-15-30-22/h6-15,26,28H,16H2,1H3,(H,25,29). The Kier molecular flexibility index (Phi) is 6.55. The molecule has 3 aromatic rings. The fraction of sp³-hybridized carbons (Fsp3) is 0.0833. The molecular weight excluding hydrogens is 380 g/mol. The molecule has 0 atom stereocenters. The van der Waals surface area contributed by atoms with Gasteiger partial charge in [0, 0.05) is 35.5 Å². The Bertz CT molecular complexity index is 1220. The predicted molar refractivity (Wildman–Crippen MR) is 114 cm³/mol. The van der Waals surface area contributed by atoms with E-state index in [1.807, 2.05) is 24.3 Å². The number of carbonyl (C=O) groups is 1. The molecule has 1 amide bonds. The molecule has 0 fully saturated rings. The number of hydrogen-bond acceptors (Lipinski definition) is 5. The van der Waals surface area contributed by atoms with Crippen molar-refractivity contribution in [2.75, 3.05) is 12.4 Å². The lowest BCUT2D eigenvalue weighted by atomic mass is 10.1. The second-order valence-electron chi connectivity index (χ2n) is 6.14. The van der Waals surface area contributed by atoms with Crippen molar-refractivity contribution in [3.05, 3.63) is 93.5 Å². The molecule has 2 aromatic carbocycles. The van der Waals surface area contributed by atoms with Crippen LogP contribution >= 0.6 is 0 Å². The van der Waals surface area contributed by atoms with Crippen LogP contribution in [0.15, 0.2) is 70.1 Å². The molecule has 3 N–H and O–H groups in total. The lowest BCUT2D eigenvalue weighted by Gasteiger charge is -2.06. The average molecular weight is 398 g/mol. The molecule has 0 spiro atoms. The van der Waals surface area contributed by atoms with Crippen LogP contribution in [-0.2, 0) is 6.54 Å². The van der Waals surface area contributed by atoms with E-state index in [2.05, 4.69) is 34.3 Å². The molecule has 0 bridgehead atoms. The maximum Gasteiger partial charge on any atom is 0.251 e. The second kappa shape index (κ2) is 9.68. The van der Waals surface area contributed by atoms with Gasteiger partial charge in [-0.1, -0.05) is 11.8 Å². The lowest BCUT2D eigenvalue weighted by molar-refractivity contribution is 0.0963. The van der Waals surface area contributed by atoms with Crippen molar-refractivity contribution in [1.82, 2.24) is 5.32 Å². The number of hydrogen-bond donors (Lipinski definition) is 3. The third kappa shape index (κ3) is 5.31. The van der Waals surface area contributed by atoms with Crippen LogP contribution in [0.4, 0.5) is 5.69 Å². The van der Waals surface area contributed by atoms with Crippen molar-refractivity contribution in [2.45, 2.75) is 6.54 Å². The summed E-state index contributed by atoms with van der Waals surface area (Å²) in [5.74, 6) is 11.1. The van der Waals surface area contributed by atoms with Crippen LogP contribution in [0.2, 0.25) is 0 Å². The fourth-order valence-electron chi connectivity index (χ4n) is 2.49. The highest BCUT2D eigenvalue weighted by atomic mass is 16.4. The molecule has 0 aliphatic carbocycles. The summed E-state index contributed by atoms with van der Waals surface area (Å²) in [5.41, 5.74) is 2.44. The molecule has 1 heterocycles. The SMILES string of the molecule is CNC(=O)c1ccc(C#CC#Cc2ccc(NCc3occc(=O)c3O)cc2)cc1. The molecular formula is C24H18N2O4. The van der Waals surface area contributed by atoms with Crippen molar-refractivity contribution in [3.8, 4) is 29.4 Å². The van der Waals surface area contributed by atoms with E-state index in [0.717, 1.165) is 22.9 Å². The van der Waals surface area contributed by atoms with Gasteiger partial charge in [-0.2, -0.15) is 0 Å². The molecule has 30 heavy (non-hydrogen) atoms. The molecule has 1 aromatic heterocycles. The molecule has 6 heteroatoms. The first kappa shape index (κ1) is 20.3. The molecule has 3 rings (SSSR count). The number of aromatic hydroxyl groups is 1. The minimum absolute atomic E-state index is 0.141. The topological polar surface area (TPSA) is 91.6 Å². The van der Waals surface area contributed by atoms with Gasteiger partial charge < -0.3 is 20.2 Å². The van der Waals surface area contributed by atoms with E-state index in [0.29, 0.717) is 5.56 Å². The van der Waals surface area contributed by atoms with Gasteiger partial charge in [-0.05, 0) is 60.4 Å². The van der Waals surface area contributed by atoms with Crippen LogP contribution in [0.25, 0.3) is 0 Å². The maximum absolute atomic E-state index is 11.5. The molecule has 6 nitrogen and oxygen atoms in total. The van der Waals surface area contributed by atoms with Gasteiger partial charge in [0.05, 0.1) is 12.8 Å². The Morgan fingerprint density at radius 3 is 2.17 bits per heavy atom. The second-order valence-corrected chi connectivity index (χ2v) is 6.14. The first-order chi connectivity index (χ1) is 14.6. The number of benzene rings is 2. The zero-order valence-electron chi connectivity index (χ0n) is 16.2. The summed E-state index contributed by atoms with van der Waals surface area (Å²) >= 11 is 0. The van der Waals surface area contributed by atoms with Crippen molar-refractivity contribution >= 4 is 11.6 Å². The summed E-state index contributed by atoms with van der Waals surface area (Å²) in [6, 6.07) is 15.4. The molecule has 0 saturated heterocycles. The summed E-state index contributed by atoms with van der Waals surface area (Å²) in [4.78, 5) is 22.9. The van der Waals surface area contributed by atoms with Crippen LogP contribution in [-0.4, -0.2) is 18.1 Å². The number of rotatable bonds is 4. The van der Waals surface area contributed by atoms with Crippen LogP contribution in [0.3, 0.4) is 0 Å². The Hall–Kier alpha value is -4.42. The highest BCUT2D eigenvalue weighted by molar-refractivity contribution is 5.94. The highest BCUT2D eigenvalue weighted by Crippen LogP contribution is 2.14. The third-order valence-corrected chi connectivity index (χ3v) is 4.12. The minimum Gasteiger partial charge on any atom is -0.502 e. The molecule has 0 aliphatic rings. The molecule has 0 aliphatic heterocycles. The van der Waals surface area contributed by atoms with Crippen LogP contribution < -0.4 is 16.1 Å². The van der Waals surface area contributed by atoms with E-state index in [-0.39, 0.29) is 18.2 Å². The van der Waals surface area contributed by atoms with Crippen molar-refractivity contribution in [3.63, 3.8) is 0 Å². The lowest BCUT2D eigenvalue weighted by Crippen LogP contribution is -2.17. The smallest absolute Gasteiger partial charge is 0.251 e. The quantitative estimate of drug-likeness (QED) is 0.588. The van der Waals surface area contributed by atoms with Gasteiger partial charge >= 0.3 is 0 Å². The Balaban J connectivity index is 1.58. The average Bonchev–Trinajstić information content (AvgIpc) is 2.78. The van der Waals surface area contributed by atoms with Crippen LogP contribution in [0.1, 0.15) is 27.2 Å². The van der Waals surface area contributed by atoms with E-state index in [9.17, 15) is 14.7 Å². The van der Waals surface area contributed by atoms with Gasteiger partial charge in [0.15, 0.2) is 5.76 Å². The monoisotopic (exact) mass is 398 g/mol. The van der Waals surface area contributed by atoms with Crippen LogP contribution in [0, 0.1) is 23.7 Å². The maximum atomic E-state index is 11.5. The Labute approximate surface area is 173 Å². The number of nitrogens with one attached hydrogen (secondary N) is 2. The Morgan fingerprint density at radius 1 is 0.967 bits per heavy atom. The van der Waals surface area contributed by atoms with Gasteiger partial charge in [0.1, 0.15) is 0 Å². The molecule has 0 unspecified atom stereocenters. The normalized spacial score (nSPS) is 9.50. The van der Waals surface area contributed by atoms with E-state index in [1.165, 1.54) is 6.26 Å². The summed E-state index contributed by atoms with van der Waals surface area (Å²) in [5, 5.41) is 15.3. The van der Waals surface area contributed by atoms with Crippen molar-refractivity contribution in [2.24, 2.45) is 0 Å². The summed E-state index contributed by atoms with van der Waals surface area (Å²) in [7, 11) is 1.58. The van der Waals surface area contributed by atoms with E-state index < -0.39 is 11.2 Å². The molecule has 148 valence electrons. The van der Waals surface area contributed by atoms with Crippen molar-refractivity contribution in [1.29, 1.82) is 0 Å². The van der Waals surface area contributed by atoms with E-state index >= 15 is 0 Å². The fourth-order valence-corrected chi connectivity index (χ4v) is 2.49. The zero-order chi connectivity index (χ0) is 21.3. The van der Waals surface area contributed by atoms with Gasteiger partial charge in [0.2, 0.25) is 11.2 Å². The molecule has 0 saturated carbocycles. The number of carbonyl (C=O) groups excluding carboxylic acids is 1. The first-order valence-corrected chi connectivity index (χ1v) is 9.04. The predicted octanol–water partition coefficient (Wildman–Crippen LogP) is 2.72. The van der Waals surface area contributed by atoms with Gasteiger partial charge in [-0.3, -0.25) is 9.59 Å². The largest absolute Gasteiger partial charge is 0.502 e. The van der Waals surface area contributed by atoms with E-state index in [1.54, 1.807) is 31.3 Å². The van der Waals surface area contributed by atoms with Gasteiger partial charge in [-0.15, -0.1) is 0 Å². The summed E-state index contributed by atoms with van der Waals surface area (Å²) in [6.45, 7) is 0.178. The van der Waals surface area contributed by atoms with Crippen molar-refractivity contribution < 1.29 is 14.3 Å². The third-order valence-electron chi connectivity index (χ3n) is 4.12. The number of amides is 1. The summed E-state index contributed by atoms with van der Waals surface area (Å²) < 4.78 is 5.14. The number of anilines is 1. The van der Waals surface area contributed by atoms with Gasteiger partial charge in [-0.25, -0.2) is 0 Å². The zero-order valence-corrected chi connectivity index (χ0v) is 16.2. The van der Waals surface area contributed by atoms with E-state index in [4.69, 9.17) is 4.42 Å². The Morgan fingerprint density at radius 2 is 1.57 bits per heavy atom. The summed E-state index contributed by atoms with van der Waals surface area (Å²) in [6.07, 6.45) is 1.25.